The van der Waals surface area contributed by atoms with Crippen LogP contribution >= 0.6 is 0 Å². The average molecular weight is 618 g/mol. The lowest BCUT2D eigenvalue weighted by molar-refractivity contribution is -0.142. The fraction of sp³-hybridized carbons (Fsp3) is 0.344. The Balaban J connectivity index is 1.58. The van der Waals surface area contributed by atoms with Gasteiger partial charge in [0.25, 0.3) is 0 Å². The lowest BCUT2D eigenvalue weighted by Gasteiger charge is -2.26. The van der Waals surface area contributed by atoms with Crippen molar-refractivity contribution in [1.29, 1.82) is 0 Å². The van der Waals surface area contributed by atoms with Crippen LogP contribution in [-0.4, -0.2) is 73.0 Å². The Labute approximate surface area is 260 Å². The summed E-state index contributed by atoms with van der Waals surface area (Å²) in [4.78, 5) is 62.7. The van der Waals surface area contributed by atoms with Gasteiger partial charge in [-0.25, -0.2) is 9.78 Å². The highest BCUT2D eigenvalue weighted by molar-refractivity contribution is 5.95. The van der Waals surface area contributed by atoms with Crippen LogP contribution in [0.15, 0.2) is 67.3 Å². The van der Waals surface area contributed by atoms with Crippen molar-refractivity contribution in [2.75, 3.05) is 0 Å². The van der Waals surface area contributed by atoms with E-state index in [0.717, 1.165) is 16.5 Å². The van der Waals surface area contributed by atoms with Crippen LogP contribution in [0.2, 0.25) is 0 Å². The van der Waals surface area contributed by atoms with Crippen LogP contribution < -0.4 is 21.7 Å². The summed E-state index contributed by atoms with van der Waals surface area (Å²) < 4.78 is 0. The molecule has 0 aliphatic rings. The number of carboxylic acid groups (broad SMARTS) is 1. The molecule has 238 valence electrons. The van der Waals surface area contributed by atoms with E-state index in [0.29, 0.717) is 17.7 Å². The van der Waals surface area contributed by atoms with E-state index in [1.165, 1.54) is 24.7 Å². The number of nitrogens with two attached hydrogens (primary N) is 1. The lowest BCUT2D eigenvalue weighted by Crippen LogP contribution is -2.58. The summed E-state index contributed by atoms with van der Waals surface area (Å²) in [7, 11) is 0. The molecule has 45 heavy (non-hydrogen) atoms. The number of imidazole rings is 1. The molecule has 0 saturated heterocycles. The van der Waals surface area contributed by atoms with E-state index in [1.54, 1.807) is 18.3 Å². The molecule has 2 aromatic carbocycles. The van der Waals surface area contributed by atoms with E-state index in [-0.39, 0.29) is 30.9 Å². The second-order valence-electron chi connectivity index (χ2n) is 11.1. The molecule has 2 aromatic heterocycles. The van der Waals surface area contributed by atoms with Crippen LogP contribution in [0.25, 0.3) is 10.9 Å². The third-order valence-corrected chi connectivity index (χ3v) is 7.89. The van der Waals surface area contributed by atoms with Crippen molar-refractivity contribution in [3.63, 3.8) is 0 Å². The first kappa shape index (κ1) is 32.7. The normalized spacial score (nSPS) is 14.6. The van der Waals surface area contributed by atoms with E-state index in [2.05, 4.69) is 30.9 Å². The fourth-order valence-corrected chi connectivity index (χ4v) is 4.95. The molecule has 2 heterocycles. The summed E-state index contributed by atoms with van der Waals surface area (Å²) in [5.74, 6) is -3.27. The highest BCUT2D eigenvalue weighted by atomic mass is 16.4. The molecule has 4 rings (SSSR count). The third kappa shape index (κ3) is 8.70. The van der Waals surface area contributed by atoms with Gasteiger partial charge in [-0.3, -0.25) is 14.4 Å². The number of aromatic hydroxyl groups is 1. The predicted octanol–water partition coefficient (Wildman–Crippen LogP) is 1.54. The number of aromatic nitrogens is 3. The van der Waals surface area contributed by atoms with Crippen LogP contribution in [0, 0.1) is 5.92 Å². The van der Waals surface area contributed by atoms with Gasteiger partial charge in [0.2, 0.25) is 17.7 Å². The number of carboxylic acids is 1. The zero-order valence-corrected chi connectivity index (χ0v) is 25.1. The highest BCUT2D eigenvalue weighted by Gasteiger charge is 2.32. The molecule has 9 N–H and O–H groups in total. The Hall–Kier alpha value is -5.17. The van der Waals surface area contributed by atoms with Crippen molar-refractivity contribution in [1.82, 2.24) is 30.9 Å². The zero-order chi connectivity index (χ0) is 32.5. The van der Waals surface area contributed by atoms with Crippen LogP contribution in [0.1, 0.15) is 37.1 Å². The first-order valence-electron chi connectivity index (χ1n) is 14.7. The molecule has 0 aliphatic carbocycles. The highest BCUT2D eigenvalue weighted by Crippen LogP contribution is 2.20. The van der Waals surface area contributed by atoms with Gasteiger partial charge in [0.05, 0.1) is 12.4 Å². The first-order chi connectivity index (χ1) is 21.5. The smallest absolute Gasteiger partial charge is 0.326 e. The molecule has 0 saturated carbocycles. The fourth-order valence-electron chi connectivity index (χ4n) is 4.95. The molecular weight excluding hydrogens is 578 g/mol. The number of carbonyl (C=O) groups excluding carboxylic acids is 3. The predicted molar refractivity (Wildman–Crippen MR) is 167 cm³/mol. The Bertz CT molecular complexity index is 1600. The standard InChI is InChI=1S/C32H39N7O6/c1-3-18(2)28(33)31(43)38-25(13-20-15-35-24-7-5-4-6-23(20)24)29(41)37-26(14-21-16-34-17-36-21)30(42)39-27(32(44)45)12-19-8-10-22(40)11-9-19/h4-11,15-18,25-28,35,40H,3,12-14,33H2,1-2H3,(H,34,36)(H,37,41)(H,38,43)(H,39,42)(H,44,45). The lowest BCUT2D eigenvalue weighted by atomic mass is 9.98. The molecular formula is C32H39N7O6. The molecule has 0 fully saturated rings. The number of fused-ring (bicyclic) bond motifs is 1. The quantitative estimate of drug-likeness (QED) is 0.0977. The summed E-state index contributed by atoms with van der Waals surface area (Å²) in [5, 5.41) is 28.3. The molecule has 4 aromatic rings. The molecule has 0 spiro atoms. The number of hydrogen-bond acceptors (Lipinski definition) is 7. The SMILES string of the molecule is CCC(C)C(N)C(=O)NC(Cc1c[nH]c2ccccc12)C(=O)NC(Cc1cnc[nH]1)C(=O)NC(Cc1ccc(O)cc1)C(=O)O. The van der Waals surface area contributed by atoms with Crippen LogP contribution in [-0.2, 0) is 38.4 Å². The van der Waals surface area contributed by atoms with Crippen molar-refractivity contribution in [2.24, 2.45) is 11.7 Å². The van der Waals surface area contributed by atoms with E-state index >= 15 is 0 Å². The number of H-pyrrole nitrogens is 2. The molecule has 3 amide bonds. The van der Waals surface area contributed by atoms with Gasteiger partial charge in [-0.05, 0) is 35.2 Å². The summed E-state index contributed by atoms with van der Waals surface area (Å²) in [6.45, 7) is 3.76. The van der Waals surface area contributed by atoms with Gasteiger partial charge in [0.1, 0.15) is 23.9 Å². The van der Waals surface area contributed by atoms with Gasteiger partial charge in [-0.2, -0.15) is 0 Å². The number of nitrogens with one attached hydrogen (secondary N) is 5. The Morgan fingerprint density at radius 2 is 1.51 bits per heavy atom. The minimum Gasteiger partial charge on any atom is -0.508 e. The number of aromatic amines is 2. The zero-order valence-electron chi connectivity index (χ0n) is 25.1. The van der Waals surface area contributed by atoms with Crippen molar-refractivity contribution in [3.8, 4) is 5.75 Å². The number of hydrogen-bond donors (Lipinski definition) is 8. The van der Waals surface area contributed by atoms with Crippen LogP contribution in [0.4, 0.5) is 0 Å². The van der Waals surface area contributed by atoms with Gasteiger partial charge in [-0.1, -0.05) is 50.6 Å². The molecule has 13 heteroatoms. The summed E-state index contributed by atoms with van der Waals surface area (Å²) >= 11 is 0. The second-order valence-corrected chi connectivity index (χ2v) is 11.1. The molecule has 0 radical (unpaired) electrons. The summed E-state index contributed by atoms with van der Waals surface area (Å²) in [5.41, 5.74) is 8.92. The number of amides is 3. The number of para-hydroxylation sites is 1. The van der Waals surface area contributed by atoms with Crippen molar-refractivity contribution in [2.45, 2.75) is 63.7 Å². The Morgan fingerprint density at radius 3 is 2.16 bits per heavy atom. The van der Waals surface area contributed by atoms with Crippen molar-refractivity contribution in [3.05, 3.63) is 84.1 Å². The summed E-state index contributed by atoms with van der Waals surface area (Å²) in [6.07, 6.45) is 5.37. The van der Waals surface area contributed by atoms with Gasteiger partial charge < -0.3 is 41.9 Å². The van der Waals surface area contributed by atoms with Gasteiger partial charge in [0.15, 0.2) is 0 Å². The molecule has 0 bridgehead atoms. The molecule has 0 aliphatic heterocycles. The topological polar surface area (TPSA) is 215 Å². The second kappa shape index (κ2) is 15.0. The van der Waals surface area contributed by atoms with Gasteiger partial charge in [0, 0.05) is 48.3 Å². The van der Waals surface area contributed by atoms with Crippen molar-refractivity contribution < 1.29 is 29.4 Å². The third-order valence-electron chi connectivity index (χ3n) is 7.89. The average Bonchev–Trinajstić information content (AvgIpc) is 3.70. The summed E-state index contributed by atoms with van der Waals surface area (Å²) in [6, 6.07) is 9.02. The Morgan fingerprint density at radius 1 is 0.867 bits per heavy atom. The monoisotopic (exact) mass is 617 g/mol. The maximum Gasteiger partial charge on any atom is 0.326 e. The maximum absolute atomic E-state index is 13.9. The van der Waals surface area contributed by atoms with E-state index in [1.807, 2.05) is 38.1 Å². The Kier molecular flexibility index (Phi) is 10.9. The molecule has 13 nitrogen and oxygen atoms in total. The number of phenols is 1. The van der Waals surface area contributed by atoms with Crippen molar-refractivity contribution >= 4 is 34.6 Å². The minimum absolute atomic E-state index is 0.0244. The molecule has 5 unspecified atom stereocenters. The van der Waals surface area contributed by atoms with E-state index in [9.17, 15) is 29.4 Å². The number of rotatable bonds is 15. The number of aliphatic carboxylic acids is 1. The van der Waals surface area contributed by atoms with Gasteiger partial charge in [-0.15, -0.1) is 0 Å². The minimum atomic E-state index is -1.32. The van der Waals surface area contributed by atoms with Gasteiger partial charge >= 0.3 is 5.97 Å². The first-order valence-corrected chi connectivity index (χ1v) is 14.7. The number of carbonyl (C=O) groups is 4. The maximum atomic E-state index is 13.9. The van der Waals surface area contributed by atoms with Crippen LogP contribution in [0.5, 0.6) is 5.75 Å². The van der Waals surface area contributed by atoms with Crippen LogP contribution in [0.3, 0.4) is 0 Å². The molecule has 5 atom stereocenters. The van der Waals surface area contributed by atoms with E-state index in [4.69, 9.17) is 5.73 Å². The number of nitrogens with zero attached hydrogens (tertiary/aromatic N) is 1. The number of phenolic OH excluding ortho intramolecular Hbond substituents is 1. The number of benzene rings is 2. The largest absolute Gasteiger partial charge is 0.508 e. The van der Waals surface area contributed by atoms with E-state index < -0.39 is 47.9 Å².